The van der Waals surface area contributed by atoms with Crippen LogP contribution >= 0.6 is 12.2 Å². The van der Waals surface area contributed by atoms with E-state index in [1.54, 1.807) is 6.26 Å². The van der Waals surface area contributed by atoms with E-state index in [0.717, 1.165) is 43.6 Å². The highest BCUT2D eigenvalue weighted by Crippen LogP contribution is 2.28. The Balaban J connectivity index is 1.52. The van der Waals surface area contributed by atoms with Crippen LogP contribution in [0.4, 0.5) is 17.6 Å². The van der Waals surface area contributed by atoms with E-state index in [4.69, 9.17) is 31.3 Å². The van der Waals surface area contributed by atoms with Gasteiger partial charge in [0.25, 0.3) is 0 Å². The van der Waals surface area contributed by atoms with Crippen LogP contribution in [-0.2, 0) is 11.3 Å². The maximum Gasteiger partial charge on any atom is 0.232 e. The summed E-state index contributed by atoms with van der Waals surface area (Å²) in [6.07, 6.45) is 2.90. The fraction of sp³-hybridized carbons (Fsp3) is 0.571. The number of rotatable bonds is 5. The van der Waals surface area contributed by atoms with E-state index in [0.29, 0.717) is 42.7 Å². The molecule has 0 amide bonds. The maximum absolute atomic E-state index is 5.51. The molecule has 9 heteroatoms. The lowest BCUT2D eigenvalue weighted by Crippen LogP contribution is -2.40. The van der Waals surface area contributed by atoms with E-state index in [9.17, 15) is 0 Å². The lowest BCUT2D eigenvalue weighted by Gasteiger charge is -2.36. The summed E-state index contributed by atoms with van der Waals surface area (Å²) in [6.45, 7) is 10.2. The van der Waals surface area contributed by atoms with Crippen LogP contribution in [0.25, 0.3) is 0 Å². The van der Waals surface area contributed by atoms with Crippen LogP contribution in [0.1, 0.15) is 26.0 Å². The number of nitrogens with one attached hydrogen (secondary N) is 2. The number of ether oxygens (including phenoxy) is 1. The summed E-state index contributed by atoms with van der Waals surface area (Å²) in [7, 11) is 0. The molecule has 0 aromatic carbocycles. The van der Waals surface area contributed by atoms with E-state index in [1.165, 1.54) is 6.42 Å². The molecule has 8 nitrogen and oxygen atoms in total. The number of nitrogens with zero attached hydrogens (tertiary/aromatic N) is 4. The zero-order chi connectivity index (χ0) is 20.9. The van der Waals surface area contributed by atoms with Crippen molar-refractivity contribution in [1.29, 1.82) is 0 Å². The predicted octanol–water partition coefficient (Wildman–Crippen LogP) is 2.88. The third kappa shape index (κ3) is 5.40. The van der Waals surface area contributed by atoms with Crippen LogP contribution in [-0.4, -0.2) is 54.5 Å². The van der Waals surface area contributed by atoms with Gasteiger partial charge in [0.2, 0.25) is 5.95 Å². The van der Waals surface area contributed by atoms with Gasteiger partial charge in [-0.2, -0.15) is 9.97 Å². The average Bonchev–Trinajstić information content (AvgIpc) is 3.26. The molecule has 0 saturated carbocycles. The second kappa shape index (κ2) is 9.61. The summed E-state index contributed by atoms with van der Waals surface area (Å²) < 4.78 is 10.9. The van der Waals surface area contributed by atoms with Gasteiger partial charge in [-0.05, 0) is 42.6 Å². The monoisotopic (exact) mass is 430 g/mol. The van der Waals surface area contributed by atoms with Crippen molar-refractivity contribution in [2.45, 2.75) is 26.8 Å². The van der Waals surface area contributed by atoms with Gasteiger partial charge in [0.15, 0.2) is 5.11 Å². The Kier molecular flexibility index (Phi) is 6.69. The number of hydrogen-bond donors (Lipinski definition) is 2. The minimum absolute atomic E-state index is 0.469. The number of aromatic nitrogens is 2. The van der Waals surface area contributed by atoms with Crippen LogP contribution in [0.15, 0.2) is 28.9 Å². The highest BCUT2D eigenvalue weighted by atomic mass is 32.1. The SMILES string of the molecule is C[C@@H]1C[C@H](C)CN(c2cc(N3CCOCC3)nc(NC(=S)NCc3ccco3)n2)C1. The average molecular weight is 431 g/mol. The Labute approximate surface area is 183 Å². The van der Waals surface area contributed by atoms with Crippen molar-refractivity contribution in [2.75, 3.05) is 54.5 Å². The Morgan fingerprint density at radius 1 is 1.13 bits per heavy atom. The molecule has 2 aliphatic heterocycles. The molecule has 162 valence electrons. The number of morpholine rings is 1. The molecule has 0 spiro atoms. The molecular weight excluding hydrogens is 400 g/mol. The topological polar surface area (TPSA) is 78.7 Å². The molecule has 2 fully saturated rings. The summed E-state index contributed by atoms with van der Waals surface area (Å²) in [5, 5.41) is 6.77. The van der Waals surface area contributed by atoms with Crippen molar-refractivity contribution in [3.05, 3.63) is 30.2 Å². The van der Waals surface area contributed by atoms with E-state index in [1.807, 2.05) is 12.1 Å². The minimum atomic E-state index is 0.469. The van der Waals surface area contributed by atoms with Gasteiger partial charge in [-0.1, -0.05) is 13.8 Å². The van der Waals surface area contributed by atoms with Crippen molar-refractivity contribution in [3.8, 4) is 0 Å². The predicted molar refractivity (Wildman–Crippen MR) is 122 cm³/mol. The third-order valence-electron chi connectivity index (χ3n) is 5.46. The molecule has 0 aliphatic carbocycles. The molecule has 4 rings (SSSR count). The zero-order valence-electron chi connectivity index (χ0n) is 17.6. The van der Waals surface area contributed by atoms with Crippen LogP contribution in [0, 0.1) is 11.8 Å². The molecule has 2 aromatic heterocycles. The largest absolute Gasteiger partial charge is 0.467 e. The molecule has 2 atom stereocenters. The Hall–Kier alpha value is -2.39. The Morgan fingerprint density at radius 3 is 2.50 bits per heavy atom. The van der Waals surface area contributed by atoms with Crippen molar-refractivity contribution in [1.82, 2.24) is 15.3 Å². The minimum Gasteiger partial charge on any atom is -0.467 e. The lowest BCUT2D eigenvalue weighted by molar-refractivity contribution is 0.122. The van der Waals surface area contributed by atoms with Gasteiger partial charge in [-0.15, -0.1) is 0 Å². The number of thiocarbonyl (C=S) groups is 1. The summed E-state index contributed by atoms with van der Waals surface area (Å²) >= 11 is 5.45. The van der Waals surface area contributed by atoms with Crippen LogP contribution < -0.4 is 20.4 Å². The first kappa shape index (κ1) is 20.9. The number of hydrogen-bond acceptors (Lipinski definition) is 7. The molecule has 2 aromatic rings. The number of furan rings is 1. The van der Waals surface area contributed by atoms with E-state index in [2.05, 4.69) is 40.3 Å². The van der Waals surface area contributed by atoms with E-state index >= 15 is 0 Å². The standard InChI is InChI=1S/C21H30N6O2S/c1-15-10-16(2)14-27(13-15)19-11-18(26-5-8-28-9-6-26)23-20(24-19)25-21(30)22-12-17-4-3-7-29-17/h3-4,7,11,15-16H,5-6,8-10,12-14H2,1-2H3,(H2,22,23,24,25,30)/t15-,16+. The summed E-state index contributed by atoms with van der Waals surface area (Å²) in [5.41, 5.74) is 0. The van der Waals surface area contributed by atoms with Crippen molar-refractivity contribution >= 4 is 34.9 Å². The van der Waals surface area contributed by atoms with Gasteiger partial charge in [-0.25, -0.2) is 0 Å². The van der Waals surface area contributed by atoms with Gasteiger partial charge < -0.3 is 29.6 Å². The quantitative estimate of drug-likeness (QED) is 0.696. The summed E-state index contributed by atoms with van der Waals surface area (Å²) in [5.74, 6) is 4.47. The number of anilines is 3. The normalized spacial score (nSPS) is 22.1. The van der Waals surface area contributed by atoms with Crippen LogP contribution in [0.2, 0.25) is 0 Å². The van der Waals surface area contributed by atoms with Gasteiger partial charge in [0.05, 0.1) is 26.0 Å². The molecule has 0 unspecified atom stereocenters. The molecule has 2 aliphatic rings. The summed E-state index contributed by atoms with van der Waals surface area (Å²) in [4.78, 5) is 14.2. The smallest absolute Gasteiger partial charge is 0.232 e. The molecule has 30 heavy (non-hydrogen) atoms. The van der Waals surface area contributed by atoms with E-state index < -0.39 is 0 Å². The van der Waals surface area contributed by atoms with Crippen molar-refractivity contribution in [2.24, 2.45) is 11.8 Å². The fourth-order valence-electron chi connectivity index (χ4n) is 4.17. The highest BCUT2D eigenvalue weighted by molar-refractivity contribution is 7.80. The summed E-state index contributed by atoms with van der Waals surface area (Å²) in [6, 6.07) is 5.86. The zero-order valence-corrected chi connectivity index (χ0v) is 18.5. The van der Waals surface area contributed by atoms with E-state index in [-0.39, 0.29) is 0 Å². The first-order valence-electron chi connectivity index (χ1n) is 10.6. The van der Waals surface area contributed by atoms with Crippen LogP contribution in [0.3, 0.4) is 0 Å². The van der Waals surface area contributed by atoms with Gasteiger partial charge in [-0.3, -0.25) is 0 Å². The molecule has 2 N–H and O–H groups in total. The maximum atomic E-state index is 5.51. The van der Waals surface area contributed by atoms with Crippen molar-refractivity contribution in [3.63, 3.8) is 0 Å². The first-order chi connectivity index (χ1) is 14.6. The second-order valence-corrected chi connectivity index (χ2v) is 8.65. The van der Waals surface area contributed by atoms with Crippen molar-refractivity contribution < 1.29 is 9.15 Å². The molecular formula is C21H30N6O2S. The molecule has 2 saturated heterocycles. The van der Waals surface area contributed by atoms with Crippen LogP contribution in [0.5, 0.6) is 0 Å². The molecule has 0 radical (unpaired) electrons. The fourth-order valence-corrected chi connectivity index (χ4v) is 4.33. The number of piperidine rings is 1. The lowest BCUT2D eigenvalue weighted by atomic mass is 9.92. The molecule has 0 bridgehead atoms. The Morgan fingerprint density at radius 2 is 1.83 bits per heavy atom. The van der Waals surface area contributed by atoms with Gasteiger partial charge in [0, 0.05) is 32.2 Å². The first-order valence-corrected chi connectivity index (χ1v) is 11.0. The molecule has 4 heterocycles. The highest BCUT2D eigenvalue weighted by Gasteiger charge is 2.25. The Bertz CT molecular complexity index is 830. The second-order valence-electron chi connectivity index (χ2n) is 8.25. The van der Waals surface area contributed by atoms with Gasteiger partial charge >= 0.3 is 0 Å². The third-order valence-corrected chi connectivity index (χ3v) is 5.70. The van der Waals surface area contributed by atoms with Gasteiger partial charge in [0.1, 0.15) is 17.4 Å².